The van der Waals surface area contributed by atoms with Crippen molar-refractivity contribution in [2.75, 3.05) is 18.5 Å². The van der Waals surface area contributed by atoms with Crippen LogP contribution in [0.25, 0.3) is 0 Å². The Balaban J connectivity index is 1.99. The van der Waals surface area contributed by atoms with Crippen molar-refractivity contribution in [1.82, 2.24) is 4.98 Å². The van der Waals surface area contributed by atoms with Crippen molar-refractivity contribution in [3.05, 3.63) is 48.3 Å². The highest BCUT2D eigenvalue weighted by Crippen LogP contribution is 2.28. The minimum atomic E-state index is -0.294. The molecule has 0 radical (unpaired) electrons. The lowest BCUT2D eigenvalue weighted by molar-refractivity contribution is -0.118. The number of hydrogen-bond acceptors (Lipinski definition) is 5. The highest BCUT2D eigenvalue weighted by Gasteiger charge is 2.09. The summed E-state index contributed by atoms with van der Waals surface area (Å²) in [6, 6.07) is 10.2. The van der Waals surface area contributed by atoms with Crippen LogP contribution in [0, 0.1) is 11.3 Å². The molecule has 1 heterocycles. The Morgan fingerprint density at radius 1 is 1.23 bits per heavy atom. The number of nitriles is 1. The van der Waals surface area contributed by atoms with Crippen molar-refractivity contribution in [3.8, 4) is 17.6 Å². The maximum absolute atomic E-state index is 11.8. The Hall–Kier alpha value is -3.07. The number of rotatable bonds is 6. The van der Waals surface area contributed by atoms with Crippen LogP contribution in [0.3, 0.4) is 0 Å². The monoisotopic (exact) mass is 297 g/mol. The summed E-state index contributed by atoms with van der Waals surface area (Å²) in [5.74, 6) is 0.571. The topological polar surface area (TPSA) is 84.2 Å². The van der Waals surface area contributed by atoms with Gasteiger partial charge < -0.3 is 14.8 Å². The summed E-state index contributed by atoms with van der Waals surface area (Å²) >= 11 is 0. The summed E-state index contributed by atoms with van der Waals surface area (Å²) in [4.78, 5) is 15.7. The van der Waals surface area contributed by atoms with E-state index in [1.165, 1.54) is 0 Å². The van der Waals surface area contributed by atoms with Crippen LogP contribution >= 0.6 is 0 Å². The van der Waals surface area contributed by atoms with E-state index >= 15 is 0 Å². The first-order valence-corrected chi connectivity index (χ1v) is 6.72. The second kappa shape index (κ2) is 7.64. The molecule has 22 heavy (non-hydrogen) atoms. The number of benzene rings is 1. The van der Waals surface area contributed by atoms with Crippen LogP contribution in [0.2, 0.25) is 0 Å². The molecule has 1 N–H and O–H groups in total. The molecule has 0 spiro atoms. The number of anilines is 1. The van der Waals surface area contributed by atoms with Crippen LogP contribution in [0.1, 0.15) is 12.5 Å². The third-order valence-electron chi connectivity index (χ3n) is 2.70. The van der Waals surface area contributed by atoms with Gasteiger partial charge in [-0.1, -0.05) is 0 Å². The molecule has 0 unspecified atom stereocenters. The van der Waals surface area contributed by atoms with Gasteiger partial charge in [0.2, 0.25) is 0 Å². The summed E-state index contributed by atoms with van der Waals surface area (Å²) in [6.07, 6.45) is 3.18. The van der Waals surface area contributed by atoms with E-state index in [1.54, 1.807) is 42.7 Å². The molecule has 0 aliphatic rings. The summed E-state index contributed by atoms with van der Waals surface area (Å²) < 4.78 is 10.9. The van der Waals surface area contributed by atoms with Gasteiger partial charge in [-0.15, -0.1) is 0 Å². The molecule has 0 saturated heterocycles. The van der Waals surface area contributed by atoms with Gasteiger partial charge >= 0.3 is 0 Å². The van der Waals surface area contributed by atoms with E-state index in [4.69, 9.17) is 14.7 Å². The van der Waals surface area contributed by atoms with Crippen molar-refractivity contribution in [2.24, 2.45) is 0 Å². The van der Waals surface area contributed by atoms with E-state index in [-0.39, 0.29) is 12.5 Å². The average molecular weight is 297 g/mol. The van der Waals surface area contributed by atoms with E-state index in [2.05, 4.69) is 10.3 Å². The third kappa shape index (κ3) is 4.21. The van der Waals surface area contributed by atoms with E-state index in [0.717, 1.165) is 0 Å². The van der Waals surface area contributed by atoms with Crippen LogP contribution < -0.4 is 14.8 Å². The summed E-state index contributed by atoms with van der Waals surface area (Å²) in [5.41, 5.74) is 1.12. The maximum atomic E-state index is 11.8. The number of amides is 1. The van der Waals surface area contributed by atoms with Crippen LogP contribution in [0.15, 0.2) is 42.7 Å². The van der Waals surface area contributed by atoms with Gasteiger partial charge in [-0.25, -0.2) is 0 Å². The molecule has 6 heteroatoms. The molecule has 0 atom stereocenters. The minimum absolute atomic E-state index is 0.158. The standard InChI is InChI=1S/C16H15N3O3/c1-2-21-15-9-12(10-17)3-4-14(15)22-11-16(20)19-13-5-7-18-8-6-13/h3-9H,2,11H2,1H3,(H,18,19,20). The first-order valence-electron chi connectivity index (χ1n) is 6.72. The Bertz CT molecular complexity index is 681. The minimum Gasteiger partial charge on any atom is -0.490 e. The molecule has 2 aromatic rings. The first-order chi connectivity index (χ1) is 10.7. The Labute approximate surface area is 128 Å². The number of nitrogens with one attached hydrogen (secondary N) is 1. The molecule has 0 saturated carbocycles. The predicted octanol–water partition coefficient (Wildman–Crippen LogP) is 2.37. The number of pyridine rings is 1. The largest absolute Gasteiger partial charge is 0.490 e. The smallest absolute Gasteiger partial charge is 0.262 e. The zero-order valence-corrected chi connectivity index (χ0v) is 12.1. The van der Waals surface area contributed by atoms with Crippen molar-refractivity contribution in [3.63, 3.8) is 0 Å². The van der Waals surface area contributed by atoms with Gasteiger partial charge in [0.15, 0.2) is 18.1 Å². The normalized spacial score (nSPS) is 9.64. The van der Waals surface area contributed by atoms with Gasteiger partial charge in [0, 0.05) is 24.1 Å². The molecule has 2 rings (SSSR count). The molecule has 1 aromatic carbocycles. The number of hydrogen-bond donors (Lipinski definition) is 1. The number of ether oxygens (including phenoxy) is 2. The van der Waals surface area contributed by atoms with Crippen LogP contribution in [0.5, 0.6) is 11.5 Å². The van der Waals surface area contributed by atoms with E-state index in [0.29, 0.717) is 29.4 Å². The second-order valence-electron chi connectivity index (χ2n) is 4.28. The van der Waals surface area contributed by atoms with Gasteiger partial charge in [0.25, 0.3) is 5.91 Å². The van der Waals surface area contributed by atoms with E-state index in [9.17, 15) is 4.79 Å². The maximum Gasteiger partial charge on any atom is 0.262 e. The highest BCUT2D eigenvalue weighted by atomic mass is 16.5. The summed E-state index contributed by atoms with van der Waals surface area (Å²) in [7, 11) is 0. The lowest BCUT2D eigenvalue weighted by Gasteiger charge is -2.12. The Morgan fingerprint density at radius 3 is 2.68 bits per heavy atom. The highest BCUT2D eigenvalue weighted by molar-refractivity contribution is 5.91. The fourth-order valence-corrected chi connectivity index (χ4v) is 1.74. The fourth-order valence-electron chi connectivity index (χ4n) is 1.74. The molecular weight excluding hydrogens is 282 g/mol. The average Bonchev–Trinajstić information content (AvgIpc) is 2.55. The van der Waals surface area contributed by atoms with Crippen LogP contribution in [-0.2, 0) is 4.79 Å². The third-order valence-corrected chi connectivity index (χ3v) is 2.70. The van der Waals surface area contributed by atoms with Gasteiger partial charge in [-0.05, 0) is 31.2 Å². The molecule has 6 nitrogen and oxygen atoms in total. The van der Waals surface area contributed by atoms with Crippen LogP contribution in [0.4, 0.5) is 5.69 Å². The van der Waals surface area contributed by atoms with Gasteiger partial charge in [-0.2, -0.15) is 5.26 Å². The molecule has 0 fully saturated rings. The Kier molecular flexibility index (Phi) is 5.32. The predicted molar refractivity (Wildman–Crippen MR) is 80.7 cm³/mol. The lowest BCUT2D eigenvalue weighted by atomic mass is 10.2. The first kappa shape index (κ1) is 15.3. The molecule has 1 amide bonds. The van der Waals surface area contributed by atoms with Gasteiger partial charge in [0.05, 0.1) is 18.2 Å². The zero-order valence-electron chi connectivity index (χ0n) is 12.1. The summed E-state index contributed by atoms with van der Waals surface area (Å²) in [6.45, 7) is 2.11. The van der Waals surface area contributed by atoms with E-state index < -0.39 is 0 Å². The van der Waals surface area contributed by atoms with E-state index in [1.807, 2.05) is 13.0 Å². The van der Waals surface area contributed by atoms with Crippen molar-refractivity contribution in [1.29, 1.82) is 5.26 Å². The van der Waals surface area contributed by atoms with Gasteiger partial charge in [0.1, 0.15) is 0 Å². The lowest BCUT2D eigenvalue weighted by Crippen LogP contribution is -2.20. The number of carbonyl (C=O) groups excluding carboxylic acids is 1. The molecule has 0 bridgehead atoms. The molecule has 1 aromatic heterocycles. The number of aromatic nitrogens is 1. The zero-order chi connectivity index (χ0) is 15.8. The number of carbonyl (C=O) groups is 1. The molecule has 0 aliphatic carbocycles. The quantitative estimate of drug-likeness (QED) is 0.884. The van der Waals surface area contributed by atoms with Crippen molar-refractivity contribution in [2.45, 2.75) is 6.92 Å². The SMILES string of the molecule is CCOc1cc(C#N)ccc1OCC(=O)Nc1ccncc1. The molecular formula is C16H15N3O3. The summed E-state index contributed by atoms with van der Waals surface area (Å²) in [5, 5.41) is 11.6. The van der Waals surface area contributed by atoms with Crippen molar-refractivity contribution >= 4 is 11.6 Å². The fraction of sp³-hybridized carbons (Fsp3) is 0.188. The molecule has 0 aliphatic heterocycles. The van der Waals surface area contributed by atoms with Crippen molar-refractivity contribution < 1.29 is 14.3 Å². The van der Waals surface area contributed by atoms with Gasteiger partial charge in [-0.3, -0.25) is 9.78 Å². The van der Waals surface area contributed by atoms with Crippen LogP contribution in [-0.4, -0.2) is 24.1 Å². The number of nitrogens with zero attached hydrogens (tertiary/aromatic N) is 2. The second-order valence-corrected chi connectivity index (χ2v) is 4.28. The Morgan fingerprint density at radius 2 is 2.00 bits per heavy atom. The molecule has 112 valence electrons.